The molecular weight excluding hydrogens is 308 g/mol. The van der Waals surface area contributed by atoms with E-state index < -0.39 is 0 Å². The van der Waals surface area contributed by atoms with E-state index in [1.807, 2.05) is 32.3 Å². The first kappa shape index (κ1) is 12.5. The molecule has 1 aromatic carbocycles. The van der Waals surface area contributed by atoms with Gasteiger partial charge in [0.1, 0.15) is 10.4 Å². The number of aromatic nitrogens is 3. The van der Waals surface area contributed by atoms with Crippen molar-refractivity contribution in [3.8, 4) is 5.75 Å². The summed E-state index contributed by atoms with van der Waals surface area (Å²) in [5, 5.41) is 3.17. The monoisotopic (exact) mass is 322 g/mol. The summed E-state index contributed by atoms with van der Waals surface area (Å²) in [6, 6.07) is 5.93. The second-order valence-electron chi connectivity index (χ2n) is 4.43. The SMILES string of the molecule is CNCc1c(Br)n2c3ccc(OC)cc3nc2n1C. The maximum absolute atomic E-state index is 5.24. The molecule has 0 bridgehead atoms. The molecule has 100 valence electrons. The third-order valence-corrected chi connectivity index (χ3v) is 4.14. The normalized spacial score (nSPS) is 11.6. The second-order valence-corrected chi connectivity index (χ2v) is 5.18. The molecule has 19 heavy (non-hydrogen) atoms. The highest BCUT2D eigenvalue weighted by Gasteiger charge is 2.17. The largest absolute Gasteiger partial charge is 0.497 e. The molecule has 0 aliphatic heterocycles. The van der Waals surface area contributed by atoms with Crippen LogP contribution >= 0.6 is 15.9 Å². The topological polar surface area (TPSA) is 43.5 Å². The summed E-state index contributed by atoms with van der Waals surface area (Å²) in [5.74, 6) is 1.74. The number of aryl methyl sites for hydroxylation is 1. The number of benzene rings is 1. The molecule has 0 fully saturated rings. The minimum atomic E-state index is 0.790. The number of halogens is 1. The molecule has 3 rings (SSSR count). The number of hydrogen-bond acceptors (Lipinski definition) is 3. The van der Waals surface area contributed by atoms with E-state index in [1.165, 1.54) is 5.69 Å². The van der Waals surface area contributed by atoms with Gasteiger partial charge in [-0.2, -0.15) is 0 Å². The second kappa shape index (κ2) is 4.54. The molecule has 1 N–H and O–H groups in total. The van der Waals surface area contributed by atoms with E-state index in [9.17, 15) is 0 Å². The lowest BCUT2D eigenvalue weighted by Crippen LogP contribution is -2.09. The van der Waals surface area contributed by atoms with Crippen LogP contribution in [0.5, 0.6) is 5.75 Å². The van der Waals surface area contributed by atoms with Crippen molar-refractivity contribution in [1.29, 1.82) is 0 Å². The van der Waals surface area contributed by atoms with Crippen LogP contribution in [0, 0.1) is 0 Å². The van der Waals surface area contributed by atoms with E-state index >= 15 is 0 Å². The van der Waals surface area contributed by atoms with Gasteiger partial charge >= 0.3 is 0 Å². The van der Waals surface area contributed by atoms with Gasteiger partial charge in [-0.05, 0) is 35.1 Å². The fraction of sp³-hybridized carbons (Fsp3) is 0.308. The summed E-state index contributed by atoms with van der Waals surface area (Å²) < 4.78 is 10.5. The summed E-state index contributed by atoms with van der Waals surface area (Å²) in [5.41, 5.74) is 3.17. The third-order valence-electron chi connectivity index (χ3n) is 3.33. The first-order valence-corrected chi connectivity index (χ1v) is 6.80. The third kappa shape index (κ3) is 1.74. The van der Waals surface area contributed by atoms with Crippen molar-refractivity contribution in [3.05, 3.63) is 28.5 Å². The summed E-state index contributed by atoms with van der Waals surface area (Å²) in [4.78, 5) is 4.68. The minimum absolute atomic E-state index is 0.790. The zero-order chi connectivity index (χ0) is 13.6. The van der Waals surface area contributed by atoms with Crippen molar-refractivity contribution in [2.75, 3.05) is 14.2 Å². The molecule has 6 heteroatoms. The zero-order valence-electron chi connectivity index (χ0n) is 11.1. The molecule has 2 aromatic heterocycles. The van der Waals surface area contributed by atoms with Crippen LogP contribution < -0.4 is 10.1 Å². The number of fused-ring (bicyclic) bond motifs is 3. The fourth-order valence-corrected chi connectivity index (χ4v) is 3.10. The van der Waals surface area contributed by atoms with E-state index in [0.717, 1.165) is 33.7 Å². The summed E-state index contributed by atoms with van der Waals surface area (Å²) in [6.07, 6.45) is 0. The number of ether oxygens (including phenoxy) is 1. The summed E-state index contributed by atoms with van der Waals surface area (Å²) in [6.45, 7) is 0.790. The van der Waals surface area contributed by atoms with Crippen molar-refractivity contribution in [1.82, 2.24) is 19.3 Å². The van der Waals surface area contributed by atoms with Crippen LogP contribution in [0.15, 0.2) is 22.8 Å². The molecule has 0 amide bonds. The summed E-state index contributed by atoms with van der Waals surface area (Å²) in [7, 11) is 5.62. The van der Waals surface area contributed by atoms with Gasteiger partial charge in [0.2, 0.25) is 5.78 Å². The van der Waals surface area contributed by atoms with Crippen LogP contribution in [0.2, 0.25) is 0 Å². The quantitative estimate of drug-likeness (QED) is 0.804. The molecule has 0 unspecified atom stereocenters. The number of nitrogens with one attached hydrogen (secondary N) is 1. The van der Waals surface area contributed by atoms with Gasteiger partial charge in [0.05, 0.1) is 23.8 Å². The van der Waals surface area contributed by atoms with Gasteiger partial charge in [-0.15, -0.1) is 0 Å². The van der Waals surface area contributed by atoms with Gasteiger partial charge < -0.3 is 14.6 Å². The average molecular weight is 323 g/mol. The van der Waals surface area contributed by atoms with Crippen LogP contribution in [-0.4, -0.2) is 28.1 Å². The number of imidazole rings is 2. The van der Waals surface area contributed by atoms with Crippen molar-refractivity contribution in [3.63, 3.8) is 0 Å². The highest BCUT2D eigenvalue weighted by Crippen LogP contribution is 2.28. The van der Waals surface area contributed by atoms with Gasteiger partial charge in [-0.3, -0.25) is 4.40 Å². The lowest BCUT2D eigenvalue weighted by Gasteiger charge is -2.02. The smallest absolute Gasteiger partial charge is 0.215 e. The summed E-state index contributed by atoms with van der Waals surface area (Å²) >= 11 is 3.67. The van der Waals surface area contributed by atoms with Crippen LogP contribution in [-0.2, 0) is 13.6 Å². The van der Waals surface area contributed by atoms with Crippen LogP contribution in [0.25, 0.3) is 16.8 Å². The van der Waals surface area contributed by atoms with Crippen molar-refractivity contribution in [2.45, 2.75) is 6.54 Å². The van der Waals surface area contributed by atoms with Crippen LogP contribution in [0.1, 0.15) is 5.69 Å². The standard InChI is InChI=1S/C13H15BrN4O/c1-15-7-11-12(14)18-10-5-4-8(19-3)6-9(10)16-13(18)17(11)2/h4-6,15H,7H2,1-3H3. The molecule has 0 aliphatic rings. The van der Waals surface area contributed by atoms with Crippen molar-refractivity contribution in [2.24, 2.45) is 7.05 Å². The molecule has 0 aliphatic carbocycles. The molecule has 5 nitrogen and oxygen atoms in total. The molecule has 0 saturated heterocycles. The minimum Gasteiger partial charge on any atom is -0.497 e. The zero-order valence-corrected chi connectivity index (χ0v) is 12.7. The molecule has 0 saturated carbocycles. The maximum Gasteiger partial charge on any atom is 0.215 e. The Labute approximate surface area is 119 Å². The highest BCUT2D eigenvalue weighted by molar-refractivity contribution is 9.10. The molecule has 0 spiro atoms. The van der Waals surface area contributed by atoms with E-state index in [2.05, 4.69) is 35.2 Å². The molecule has 2 heterocycles. The Morgan fingerprint density at radius 1 is 1.42 bits per heavy atom. The number of nitrogens with zero attached hydrogens (tertiary/aromatic N) is 3. The van der Waals surface area contributed by atoms with Gasteiger partial charge in [-0.25, -0.2) is 4.98 Å². The molecule has 0 atom stereocenters. The van der Waals surface area contributed by atoms with Crippen molar-refractivity contribution < 1.29 is 4.74 Å². The van der Waals surface area contributed by atoms with E-state index in [-0.39, 0.29) is 0 Å². The molecule has 3 aromatic rings. The number of hydrogen-bond donors (Lipinski definition) is 1. The van der Waals surface area contributed by atoms with Gasteiger partial charge in [-0.1, -0.05) is 0 Å². The fourth-order valence-electron chi connectivity index (χ4n) is 2.34. The van der Waals surface area contributed by atoms with Gasteiger partial charge in [0.15, 0.2) is 0 Å². The van der Waals surface area contributed by atoms with Crippen molar-refractivity contribution >= 4 is 32.7 Å². The maximum atomic E-state index is 5.24. The van der Waals surface area contributed by atoms with E-state index in [4.69, 9.17) is 4.74 Å². The van der Waals surface area contributed by atoms with Gasteiger partial charge in [0, 0.05) is 19.7 Å². The Hall–Kier alpha value is -1.53. The average Bonchev–Trinajstić information content (AvgIpc) is 2.90. The Bertz CT molecular complexity index is 759. The lowest BCUT2D eigenvalue weighted by molar-refractivity contribution is 0.415. The van der Waals surface area contributed by atoms with Crippen LogP contribution in [0.4, 0.5) is 0 Å². The highest BCUT2D eigenvalue weighted by atomic mass is 79.9. The first-order valence-electron chi connectivity index (χ1n) is 6.01. The predicted octanol–water partition coefficient (Wildman–Crippen LogP) is 2.32. The lowest BCUT2D eigenvalue weighted by atomic mass is 10.3. The Morgan fingerprint density at radius 2 is 2.21 bits per heavy atom. The van der Waals surface area contributed by atoms with E-state index in [1.54, 1.807) is 7.11 Å². The predicted molar refractivity (Wildman–Crippen MR) is 78.7 cm³/mol. The number of rotatable bonds is 3. The molecular formula is C13H15BrN4O. The number of methoxy groups -OCH3 is 1. The Balaban J connectivity index is 2.34. The first-order chi connectivity index (χ1) is 9.17. The van der Waals surface area contributed by atoms with E-state index in [0.29, 0.717) is 0 Å². The Morgan fingerprint density at radius 3 is 2.89 bits per heavy atom. The molecule has 0 radical (unpaired) electrons. The van der Waals surface area contributed by atoms with Crippen LogP contribution in [0.3, 0.4) is 0 Å². The Kier molecular flexibility index (Phi) is 2.99. The van der Waals surface area contributed by atoms with Gasteiger partial charge in [0.25, 0.3) is 0 Å².